The molecule has 4 rings (SSSR count). The topological polar surface area (TPSA) is 56.8 Å². The molecule has 0 radical (unpaired) electrons. The van der Waals surface area contributed by atoms with Crippen LogP contribution in [0.3, 0.4) is 0 Å². The van der Waals surface area contributed by atoms with Gasteiger partial charge in [0, 0.05) is 17.3 Å². The van der Waals surface area contributed by atoms with Crippen molar-refractivity contribution in [1.29, 1.82) is 0 Å². The Kier molecular flexibility index (Phi) is 7.58. The van der Waals surface area contributed by atoms with Gasteiger partial charge < -0.3 is 19.5 Å². The highest BCUT2D eigenvalue weighted by atomic mass is 16.5. The average Bonchev–Trinajstić information content (AvgIpc) is 2.87. The highest BCUT2D eigenvalue weighted by Crippen LogP contribution is 2.20. The molecule has 5 nitrogen and oxygen atoms in total. The molecule has 0 unspecified atom stereocenters. The van der Waals surface area contributed by atoms with E-state index >= 15 is 0 Å². The first kappa shape index (κ1) is 22.0. The lowest BCUT2D eigenvalue weighted by Crippen LogP contribution is -2.12. The standard InChI is InChI=1S/C28H25NO4/c30-28(23-11-7-15-26(19-23)33-21-22-9-3-1-4-10-22)29-24-12-8-16-27(20-24)32-18-17-31-25-13-5-2-6-14-25/h1-16,19-20H,17-18,21H2,(H,29,30). The van der Waals surface area contributed by atoms with Crippen LogP contribution in [-0.4, -0.2) is 19.1 Å². The number of ether oxygens (including phenoxy) is 3. The van der Waals surface area contributed by atoms with Gasteiger partial charge in [0.05, 0.1) is 0 Å². The summed E-state index contributed by atoms with van der Waals surface area (Å²) >= 11 is 0. The predicted molar refractivity (Wildman–Crippen MR) is 129 cm³/mol. The molecule has 4 aromatic carbocycles. The van der Waals surface area contributed by atoms with Crippen LogP contribution in [-0.2, 0) is 6.61 Å². The molecular formula is C28H25NO4. The number of benzene rings is 4. The molecule has 0 aliphatic carbocycles. The maximum absolute atomic E-state index is 12.7. The summed E-state index contributed by atoms with van der Waals surface area (Å²) in [6, 6.07) is 33.9. The molecule has 0 aromatic heterocycles. The van der Waals surface area contributed by atoms with Crippen molar-refractivity contribution in [3.05, 3.63) is 120 Å². The summed E-state index contributed by atoms with van der Waals surface area (Å²) in [6.45, 7) is 1.27. The maximum atomic E-state index is 12.7. The number of hydrogen-bond acceptors (Lipinski definition) is 4. The third-order valence-corrected chi connectivity index (χ3v) is 4.80. The highest BCUT2D eigenvalue weighted by molar-refractivity contribution is 6.04. The molecule has 0 aliphatic rings. The minimum atomic E-state index is -0.218. The molecule has 0 bridgehead atoms. The van der Waals surface area contributed by atoms with Crippen molar-refractivity contribution in [1.82, 2.24) is 0 Å². The first-order valence-corrected chi connectivity index (χ1v) is 10.8. The van der Waals surface area contributed by atoms with Gasteiger partial charge in [-0.25, -0.2) is 0 Å². The second kappa shape index (κ2) is 11.4. The Balaban J connectivity index is 1.29. The Morgan fingerprint density at radius 3 is 1.97 bits per heavy atom. The smallest absolute Gasteiger partial charge is 0.255 e. The zero-order valence-corrected chi connectivity index (χ0v) is 18.1. The van der Waals surface area contributed by atoms with E-state index in [-0.39, 0.29) is 5.91 Å². The lowest BCUT2D eigenvalue weighted by molar-refractivity contribution is 0.102. The zero-order chi connectivity index (χ0) is 22.7. The fraction of sp³-hybridized carbons (Fsp3) is 0.107. The Bertz CT molecular complexity index is 1160. The molecule has 0 saturated carbocycles. The van der Waals surface area contributed by atoms with Crippen LogP contribution in [0.2, 0.25) is 0 Å². The first-order chi connectivity index (χ1) is 16.3. The lowest BCUT2D eigenvalue weighted by Gasteiger charge is -2.11. The lowest BCUT2D eigenvalue weighted by atomic mass is 10.2. The van der Waals surface area contributed by atoms with E-state index in [4.69, 9.17) is 14.2 Å². The number of anilines is 1. The van der Waals surface area contributed by atoms with E-state index < -0.39 is 0 Å². The van der Waals surface area contributed by atoms with Crippen LogP contribution in [0.25, 0.3) is 0 Å². The molecule has 33 heavy (non-hydrogen) atoms. The molecule has 0 heterocycles. The minimum absolute atomic E-state index is 0.218. The van der Waals surface area contributed by atoms with Crippen LogP contribution in [0.5, 0.6) is 17.2 Å². The third-order valence-electron chi connectivity index (χ3n) is 4.80. The Labute approximate surface area is 193 Å². The van der Waals surface area contributed by atoms with Gasteiger partial charge in [0.1, 0.15) is 37.1 Å². The van der Waals surface area contributed by atoms with Crippen molar-refractivity contribution in [2.45, 2.75) is 6.61 Å². The van der Waals surface area contributed by atoms with Gasteiger partial charge >= 0.3 is 0 Å². The van der Waals surface area contributed by atoms with Gasteiger partial charge in [-0.2, -0.15) is 0 Å². The molecule has 5 heteroatoms. The third kappa shape index (κ3) is 6.87. The Morgan fingerprint density at radius 2 is 1.21 bits per heavy atom. The summed E-state index contributed by atoms with van der Waals surface area (Å²) in [5.74, 6) is 1.88. The SMILES string of the molecule is O=C(Nc1cccc(OCCOc2ccccc2)c1)c1cccc(OCc2ccccc2)c1. The van der Waals surface area contributed by atoms with Crippen molar-refractivity contribution in [3.8, 4) is 17.2 Å². The number of hydrogen-bond donors (Lipinski definition) is 1. The summed E-state index contributed by atoms with van der Waals surface area (Å²) in [5, 5.41) is 2.91. The normalized spacial score (nSPS) is 10.3. The van der Waals surface area contributed by atoms with E-state index in [2.05, 4.69) is 5.32 Å². The van der Waals surface area contributed by atoms with Crippen molar-refractivity contribution < 1.29 is 19.0 Å². The van der Waals surface area contributed by atoms with Crippen molar-refractivity contribution in [2.75, 3.05) is 18.5 Å². The molecule has 4 aromatic rings. The van der Waals surface area contributed by atoms with E-state index in [1.807, 2.05) is 91.0 Å². The number of rotatable bonds is 10. The van der Waals surface area contributed by atoms with E-state index in [9.17, 15) is 4.79 Å². The zero-order valence-electron chi connectivity index (χ0n) is 18.1. The maximum Gasteiger partial charge on any atom is 0.255 e. The summed E-state index contributed by atoms with van der Waals surface area (Å²) < 4.78 is 17.2. The number of nitrogens with one attached hydrogen (secondary N) is 1. The van der Waals surface area contributed by atoms with Gasteiger partial charge in [-0.05, 0) is 48.0 Å². The van der Waals surface area contributed by atoms with Crippen LogP contribution in [0, 0.1) is 0 Å². The number of carbonyl (C=O) groups is 1. The number of para-hydroxylation sites is 1. The molecule has 1 N–H and O–H groups in total. The molecule has 0 saturated heterocycles. The largest absolute Gasteiger partial charge is 0.490 e. The molecule has 1 amide bonds. The fourth-order valence-corrected chi connectivity index (χ4v) is 3.17. The Morgan fingerprint density at radius 1 is 0.606 bits per heavy atom. The van der Waals surface area contributed by atoms with Crippen molar-refractivity contribution in [2.24, 2.45) is 0 Å². The van der Waals surface area contributed by atoms with E-state index in [0.29, 0.717) is 42.6 Å². The highest BCUT2D eigenvalue weighted by Gasteiger charge is 2.08. The monoisotopic (exact) mass is 439 g/mol. The molecule has 0 fully saturated rings. The summed E-state index contributed by atoms with van der Waals surface area (Å²) in [4.78, 5) is 12.7. The minimum Gasteiger partial charge on any atom is -0.490 e. The Hall–Kier alpha value is -4.25. The van der Waals surface area contributed by atoms with Gasteiger partial charge in [0.15, 0.2) is 0 Å². The molecular weight excluding hydrogens is 414 g/mol. The van der Waals surface area contributed by atoms with Crippen LogP contribution >= 0.6 is 0 Å². The van der Waals surface area contributed by atoms with Gasteiger partial charge in [-0.3, -0.25) is 4.79 Å². The second-order valence-electron chi connectivity index (χ2n) is 7.29. The second-order valence-corrected chi connectivity index (χ2v) is 7.29. The van der Waals surface area contributed by atoms with E-state index in [0.717, 1.165) is 11.3 Å². The molecule has 0 spiro atoms. The first-order valence-electron chi connectivity index (χ1n) is 10.8. The average molecular weight is 440 g/mol. The van der Waals surface area contributed by atoms with E-state index in [1.54, 1.807) is 18.2 Å². The van der Waals surface area contributed by atoms with E-state index in [1.165, 1.54) is 0 Å². The van der Waals surface area contributed by atoms with Gasteiger partial charge in [0.2, 0.25) is 0 Å². The summed E-state index contributed by atoms with van der Waals surface area (Å²) in [5.41, 5.74) is 2.23. The van der Waals surface area contributed by atoms with Crippen LogP contribution in [0.1, 0.15) is 15.9 Å². The van der Waals surface area contributed by atoms with Crippen molar-refractivity contribution >= 4 is 11.6 Å². The molecule has 0 aliphatic heterocycles. The summed E-state index contributed by atoms with van der Waals surface area (Å²) in [6.07, 6.45) is 0. The predicted octanol–water partition coefficient (Wildman–Crippen LogP) is 5.98. The number of carbonyl (C=O) groups excluding carboxylic acids is 1. The summed E-state index contributed by atoms with van der Waals surface area (Å²) in [7, 11) is 0. The van der Waals surface area contributed by atoms with Gasteiger partial charge in [-0.15, -0.1) is 0 Å². The van der Waals surface area contributed by atoms with Gasteiger partial charge in [-0.1, -0.05) is 60.7 Å². The molecule has 0 atom stereocenters. The fourth-order valence-electron chi connectivity index (χ4n) is 3.17. The van der Waals surface area contributed by atoms with Crippen LogP contribution < -0.4 is 19.5 Å². The van der Waals surface area contributed by atoms with Crippen LogP contribution in [0.4, 0.5) is 5.69 Å². The van der Waals surface area contributed by atoms with Gasteiger partial charge in [0.25, 0.3) is 5.91 Å². The quantitative estimate of drug-likeness (QED) is 0.309. The van der Waals surface area contributed by atoms with Crippen LogP contribution in [0.15, 0.2) is 109 Å². The van der Waals surface area contributed by atoms with Crippen molar-refractivity contribution in [3.63, 3.8) is 0 Å². The molecule has 166 valence electrons. The number of amides is 1.